The lowest BCUT2D eigenvalue weighted by atomic mass is 10.0. The van der Waals surface area contributed by atoms with E-state index in [0.29, 0.717) is 11.1 Å². The van der Waals surface area contributed by atoms with Crippen LogP contribution in [0.5, 0.6) is 0 Å². The molecule has 0 radical (unpaired) electrons. The molecule has 0 atom stereocenters. The second-order valence-corrected chi connectivity index (χ2v) is 3.12. The fourth-order valence-corrected chi connectivity index (χ4v) is 1.32. The van der Waals surface area contributed by atoms with Gasteiger partial charge in [-0.05, 0) is 6.07 Å². The first-order chi connectivity index (χ1) is 7.29. The molecular formula is C12H9NO2. The van der Waals surface area contributed by atoms with Gasteiger partial charge in [-0.15, -0.1) is 0 Å². The summed E-state index contributed by atoms with van der Waals surface area (Å²) in [6, 6.07) is 10.1. The van der Waals surface area contributed by atoms with Crippen LogP contribution in [0.1, 0.15) is 20.7 Å². The van der Waals surface area contributed by atoms with Crippen molar-refractivity contribution < 1.29 is 9.59 Å². The van der Waals surface area contributed by atoms with Crippen LogP contribution in [-0.2, 0) is 0 Å². The maximum atomic E-state index is 11.7. The lowest BCUT2D eigenvalue weighted by molar-refractivity contribution is 0.0817. The number of aromatic amines is 1. The largest absolute Gasteiger partial charge is 0.367 e. The van der Waals surface area contributed by atoms with Gasteiger partial charge in [0.25, 0.3) is 0 Å². The van der Waals surface area contributed by atoms with Gasteiger partial charge < -0.3 is 4.98 Å². The Kier molecular flexibility index (Phi) is 2.46. The number of H-pyrrole nitrogens is 1. The minimum absolute atomic E-state index is 0.392. The average Bonchev–Trinajstić information content (AvgIpc) is 2.82. The zero-order valence-corrected chi connectivity index (χ0v) is 7.94. The Morgan fingerprint density at radius 1 is 0.867 bits per heavy atom. The average molecular weight is 199 g/mol. The summed E-state index contributed by atoms with van der Waals surface area (Å²) < 4.78 is 0. The molecule has 0 bridgehead atoms. The third-order valence-corrected chi connectivity index (χ3v) is 2.10. The third-order valence-electron chi connectivity index (χ3n) is 2.10. The van der Waals surface area contributed by atoms with Crippen LogP contribution >= 0.6 is 0 Å². The van der Waals surface area contributed by atoms with Crippen LogP contribution in [0.15, 0.2) is 48.8 Å². The van der Waals surface area contributed by atoms with Crippen molar-refractivity contribution in [3.8, 4) is 0 Å². The molecule has 1 heterocycles. The van der Waals surface area contributed by atoms with E-state index in [4.69, 9.17) is 0 Å². The summed E-state index contributed by atoms with van der Waals surface area (Å²) in [5, 5.41) is 0. The molecule has 1 aromatic carbocycles. The molecule has 1 N–H and O–H groups in total. The van der Waals surface area contributed by atoms with Gasteiger partial charge in [0.05, 0.1) is 0 Å². The van der Waals surface area contributed by atoms with Crippen molar-refractivity contribution in [2.24, 2.45) is 0 Å². The highest BCUT2D eigenvalue weighted by molar-refractivity contribution is 6.49. The molecule has 0 amide bonds. The maximum Gasteiger partial charge on any atom is 0.235 e. The highest BCUT2D eigenvalue weighted by atomic mass is 16.2. The molecule has 3 heteroatoms. The summed E-state index contributed by atoms with van der Waals surface area (Å²) in [7, 11) is 0. The van der Waals surface area contributed by atoms with Crippen LogP contribution in [-0.4, -0.2) is 16.6 Å². The van der Waals surface area contributed by atoms with Crippen molar-refractivity contribution in [1.29, 1.82) is 0 Å². The van der Waals surface area contributed by atoms with Gasteiger partial charge in [-0.25, -0.2) is 0 Å². The number of carbonyl (C=O) groups is 2. The van der Waals surface area contributed by atoms with Crippen LogP contribution in [0.2, 0.25) is 0 Å². The zero-order valence-electron chi connectivity index (χ0n) is 7.94. The molecular weight excluding hydrogens is 190 g/mol. The Morgan fingerprint density at radius 2 is 1.53 bits per heavy atom. The molecule has 0 spiro atoms. The van der Waals surface area contributed by atoms with Crippen LogP contribution < -0.4 is 0 Å². The van der Waals surface area contributed by atoms with Crippen LogP contribution in [0.3, 0.4) is 0 Å². The van der Waals surface area contributed by atoms with Crippen molar-refractivity contribution in [2.75, 3.05) is 0 Å². The molecule has 3 nitrogen and oxygen atoms in total. The Hall–Kier alpha value is -2.16. The molecule has 0 fully saturated rings. The fraction of sp³-hybridized carbons (Fsp3) is 0. The van der Waals surface area contributed by atoms with E-state index in [9.17, 15) is 9.59 Å². The van der Waals surface area contributed by atoms with Gasteiger partial charge in [-0.1, -0.05) is 30.3 Å². The molecule has 0 aliphatic carbocycles. The normalized spacial score (nSPS) is 9.87. The Bertz CT molecular complexity index is 472. The standard InChI is InChI=1S/C12H9NO2/c14-11(9-4-2-1-3-5-9)12(15)10-6-7-13-8-10/h1-8,13H. The maximum absolute atomic E-state index is 11.7. The quantitative estimate of drug-likeness (QED) is 0.607. The molecule has 2 aromatic rings. The number of Topliss-reactive ketones (excluding diaryl/α,β-unsaturated/α-hetero) is 2. The minimum atomic E-state index is -0.484. The highest BCUT2D eigenvalue weighted by Gasteiger charge is 2.17. The number of rotatable bonds is 3. The second-order valence-electron chi connectivity index (χ2n) is 3.12. The van der Waals surface area contributed by atoms with E-state index < -0.39 is 11.6 Å². The van der Waals surface area contributed by atoms with E-state index in [1.807, 2.05) is 0 Å². The van der Waals surface area contributed by atoms with Crippen molar-refractivity contribution in [2.45, 2.75) is 0 Å². The predicted octanol–water partition coefficient (Wildman–Crippen LogP) is 2.08. The fourth-order valence-electron chi connectivity index (χ4n) is 1.32. The zero-order chi connectivity index (χ0) is 10.7. The first-order valence-electron chi connectivity index (χ1n) is 4.56. The molecule has 0 saturated heterocycles. The van der Waals surface area contributed by atoms with E-state index in [2.05, 4.69) is 4.98 Å². The summed E-state index contributed by atoms with van der Waals surface area (Å²) >= 11 is 0. The number of aromatic nitrogens is 1. The van der Waals surface area contributed by atoms with Gasteiger partial charge in [-0.3, -0.25) is 9.59 Å². The SMILES string of the molecule is O=C(C(=O)c1cc[nH]c1)c1ccccc1. The van der Waals surface area contributed by atoms with E-state index in [-0.39, 0.29) is 0 Å². The monoisotopic (exact) mass is 199 g/mol. The molecule has 0 saturated carbocycles. The Labute approximate surface area is 86.8 Å². The number of hydrogen-bond donors (Lipinski definition) is 1. The molecule has 1 aromatic heterocycles. The van der Waals surface area contributed by atoms with Crippen molar-refractivity contribution in [1.82, 2.24) is 4.98 Å². The van der Waals surface area contributed by atoms with Gasteiger partial charge in [0.1, 0.15) is 0 Å². The highest BCUT2D eigenvalue weighted by Crippen LogP contribution is 2.06. The van der Waals surface area contributed by atoms with Crippen molar-refractivity contribution in [3.63, 3.8) is 0 Å². The number of hydrogen-bond acceptors (Lipinski definition) is 2. The molecule has 0 aliphatic rings. The number of nitrogens with one attached hydrogen (secondary N) is 1. The summed E-state index contributed by atoms with van der Waals surface area (Å²) in [6.07, 6.45) is 3.13. The Morgan fingerprint density at radius 3 is 2.13 bits per heavy atom. The lowest BCUT2D eigenvalue weighted by Gasteiger charge is -1.97. The lowest BCUT2D eigenvalue weighted by Crippen LogP contribution is -2.13. The van der Waals surface area contributed by atoms with Crippen LogP contribution in [0.4, 0.5) is 0 Å². The molecule has 0 unspecified atom stereocenters. The molecule has 15 heavy (non-hydrogen) atoms. The molecule has 0 aliphatic heterocycles. The van der Waals surface area contributed by atoms with E-state index in [1.165, 1.54) is 6.20 Å². The summed E-state index contributed by atoms with van der Waals surface area (Å²) in [5.41, 5.74) is 0.813. The number of carbonyl (C=O) groups excluding carboxylic acids is 2. The smallest absolute Gasteiger partial charge is 0.235 e. The van der Waals surface area contributed by atoms with Gasteiger partial charge >= 0.3 is 0 Å². The first-order valence-corrected chi connectivity index (χ1v) is 4.56. The third kappa shape index (κ3) is 1.86. The summed E-state index contributed by atoms with van der Waals surface area (Å²) in [6.45, 7) is 0. The van der Waals surface area contributed by atoms with Crippen molar-refractivity contribution in [3.05, 3.63) is 59.9 Å². The van der Waals surface area contributed by atoms with Crippen LogP contribution in [0, 0.1) is 0 Å². The first kappa shape index (κ1) is 9.40. The predicted molar refractivity (Wildman–Crippen MR) is 55.9 cm³/mol. The number of ketones is 2. The van der Waals surface area contributed by atoms with Gasteiger partial charge in [0, 0.05) is 23.5 Å². The van der Waals surface area contributed by atoms with Crippen molar-refractivity contribution >= 4 is 11.6 Å². The van der Waals surface area contributed by atoms with E-state index in [1.54, 1.807) is 42.6 Å². The number of benzene rings is 1. The minimum Gasteiger partial charge on any atom is -0.367 e. The van der Waals surface area contributed by atoms with E-state index in [0.717, 1.165) is 0 Å². The van der Waals surface area contributed by atoms with Gasteiger partial charge in [-0.2, -0.15) is 0 Å². The molecule has 2 rings (SSSR count). The summed E-state index contributed by atoms with van der Waals surface area (Å²) in [4.78, 5) is 26.1. The second kappa shape index (κ2) is 3.92. The van der Waals surface area contributed by atoms with Gasteiger partial charge in [0.15, 0.2) is 0 Å². The topological polar surface area (TPSA) is 49.9 Å². The van der Waals surface area contributed by atoms with Gasteiger partial charge in [0.2, 0.25) is 11.6 Å². The van der Waals surface area contributed by atoms with E-state index >= 15 is 0 Å². The summed E-state index contributed by atoms with van der Waals surface area (Å²) in [5.74, 6) is -0.961. The Balaban J connectivity index is 2.27. The molecule has 74 valence electrons. The van der Waals surface area contributed by atoms with Crippen LogP contribution in [0.25, 0.3) is 0 Å².